The van der Waals surface area contributed by atoms with Gasteiger partial charge in [0, 0.05) is 12.4 Å². The Morgan fingerprint density at radius 3 is 1.23 bits per heavy atom. The van der Waals surface area contributed by atoms with Crippen LogP contribution in [-0.4, -0.2) is 55.6 Å². The SMILES string of the molecule is CCCCCCC(CCCC)C(=O)OCCCCCCN(CCCl)CCCCCCOC(=O)C(CCCC)CCCCCC. The Bertz CT molecular complexity index is 582. The maximum absolute atomic E-state index is 12.6. The van der Waals surface area contributed by atoms with Crippen LogP contribution in [-0.2, 0) is 19.1 Å². The molecule has 0 amide bonds. The lowest BCUT2D eigenvalue weighted by atomic mass is 9.95. The van der Waals surface area contributed by atoms with E-state index in [0.29, 0.717) is 19.1 Å². The van der Waals surface area contributed by atoms with Gasteiger partial charge in [-0.05, 0) is 64.5 Å². The lowest BCUT2D eigenvalue weighted by Crippen LogP contribution is -2.28. The summed E-state index contributed by atoms with van der Waals surface area (Å²) in [5.74, 6) is 0.935. The number of hydrogen-bond acceptors (Lipinski definition) is 5. The highest BCUT2D eigenvalue weighted by Crippen LogP contribution is 2.20. The van der Waals surface area contributed by atoms with Crippen molar-refractivity contribution in [3.63, 3.8) is 0 Å². The van der Waals surface area contributed by atoms with E-state index in [2.05, 4.69) is 32.6 Å². The Morgan fingerprint density at radius 2 is 0.841 bits per heavy atom. The highest BCUT2D eigenvalue weighted by molar-refractivity contribution is 6.18. The summed E-state index contributed by atoms with van der Waals surface area (Å²) in [5.41, 5.74) is 0. The fourth-order valence-electron chi connectivity index (χ4n) is 5.91. The quantitative estimate of drug-likeness (QED) is 0.0396. The molecule has 0 aliphatic rings. The molecule has 0 aromatic rings. The molecule has 0 radical (unpaired) electrons. The molecule has 5 nitrogen and oxygen atoms in total. The van der Waals surface area contributed by atoms with E-state index in [4.69, 9.17) is 21.1 Å². The first-order chi connectivity index (χ1) is 21.5. The minimum Gasteiger partial charge on any atom is -0.465 e. The van der Waals surface area contributed by atoms with Gasteiger partial charge in [0.05, 0.1) is 25.0 Å². The van der Waals surface area contributed by atoms with E-state index in [-0.39, 0.29) is 23.8 Å². The predicted octanol–water partition coefficient (Wildman–Crippen LogP) is 11.3. The Morgan fingerprint density at radius 1 is 0.477 bits per heavy atom. The van der Waals surface area contributed by atoms with Crippen molar-refractivity contribution in [3.8, 4) is 0 Å². The van der Waals surface area contributed by atoms with Gasteiger partial charge in [-0.2, -0.15) is 0 Å². The average Bonchev–Trinajstić information content (AvgIpc) is 3.02. The van der Waals surface area contributed by atoms with Crippen LogP contribution in [0.5, 0.6) is 0 Å². The zero-order valence-electron chi connectivity index (χ0n) is 29.8. The van der Waals surface area contributed by atoms with Gasteiger partial charge in [0.25, 0.3) is 0 Å². The number of carbonyl (C=O) groups excluding carboxylic acids is 2. The number of hydrogen-bond donors (Lipinski definition) is 0. The van der Waals surface area contributed by atoms with Crippen molar-refractivity contribution in [1.29, 1.82) is 0 Å². The van der Waals surface area contributed by atoms with Gasteiger partial charge < -0.3 is 14.4 Å². The number of rotatable bonds is 34. The molecule has 2 unspecified atom stereocenters. The fraction of sp³-hybridized carbons (Fsp3) is 0.947. The first-order valence-electron chi connectivity index (χ1n) is 19.1. The second kappa shape index (κ2) is 33.6. The van der Waals surface area contributed by atoms with Gasteiger partial charge in [-0.3, -0.25) is 9.59 Å². The highest BCUT2D eigenvalue weighted by Gasteiger charge is 2.20. The molecular formula is C38H74ClNO4. The number of esters is 2. The molecule has 0 aromatic carbocycles. The summed E-state index contributed by atoms with van der Waals surface area (Å²) in [7, 11) is 0. The molecule has 0 bridgehead atoms. The number of carbonyl (C=O) groups is 2. The van der Waals surface area contributed by atoms with E-state index in [1.54, 1.807) is 0 Å². The smallest absolute Gasteiger partial charge is 0.308 e. The van der Waals surface area contributed by atoms with Crippen molar-refractivity contribution in [1.82, 2.24) is 4.90 Å². The second-order valence-electron chi connectivity index (χ2n) is 13.1. The molecule has 0 N–H and O–H groups in total. The van der Waals surface area contributed by atoms with Gasteiger partial charge >= 0.3 is 11.9 Å². The van der Waals surface area contributed by atoms with Crippen LogP contribution in [0.1, 0.15) is 182 Å². The van der Waals surface area contributed by atoms with Crippen molar-refractivity contribution in [2.45, 2.75) is 182 Å². The molecule has 0 heterocycles. The van der Waals surface area contributed by atoms with Gasteiger partial charge in [-0.15, -0.1) is 11.6 Å². The number of nitrogens with zero attached hydrogens (tertiary/aromatic N) is 1. The summed E-state index contributed by atoms with van der Waals surface area (Å²) < 4.78 is 11.4. The van der Waals surface area contributed by atoms with Gasteiger partial charge in [0.2, 0.25) is 0 Å². The van der Waals surface area contributed by atoms with Gasteiger partial charge in [-0.1, -0.05) is 130 Å². The van der Waals surface area contributed by atoms with Crippen molar-refractivity contribution < 1.29 is 19.1 Å². The Labute approximate surface area is 279 Å². The largest absolute Gasteiger partial charge is 0.465 e. The van der Waals surface area contributed by atoms with Crippen LogP contribution in [0.25, 0.3) is 0 Å². The number of ether oxygens (including phenoxy) is 2. The second-order valence-corrected chi connectivity index (χ2v) is 13.4. The summed E-state index contributed by atoms with van der Waals surface area (Å²) in [4.78, 5) is 27.7. The van der Waals surface area contributed by atoms with Crippen LogP contribution in [0.3, 0.4) is 0 Å². The standard InChI is InChI=1S/C38H74ClNO4/c1-5-9-13-19-27-35(25-11-7-3)37(41)43-33-23-17-15-21-30-40(32-29-39)31-22-16-18-24-34-44-38(42)36(26-12-8-4)28-20-14-10-6-2/h35-36H,5-34H2,1-4H3. The molecule has 0 aromatic heterocycles. The third-order valence-electron chi connectivity index (χ3n) is 8.92. The Kier molecular flexibility index (Phi) is 32.9. The van der Waals surface area contributed by atoms with Crippen LogP contribution in [0.4, 0.5) is 0 Å². The number of halogens is 1. The molecule has 0 spiro atoms. The van der Waals surface area contributed by atoms with Gasteiger partial charge in [0.15, 0.2) is 0 Å². The lowest BCUT2D eigenvalue weighted by molar-refractivity contribution is -0.150. The molecule has 0 saturated heterocycles. The summed E-state index contributed by atoms with van der Waals surface area (Å²) in [6.07, 6.45) is 26.9. The summed E-state index contributed by atoms with van der Waals surface area (Å²) >= 11 is 6.09. The predicted molar refractivity (Wildman–Crippen MR) is 190 cm³/mol. The summed E-state index contributed by atoms with van der Waals surface area (Å²) in [6, 6.07) is 0. The van der Waals surface area contributed by atoms with E-state index in [0.717, 1.165) is 135 Å². The minimum atomic E-state index is 0.0374. The minimum absolute atomic E-state index is 0.0374. The molecule has 0 aliphatic heterocycles. The van der Waals surface area contributed by atoms with Crippen molar-refractivity contribution >= 4 is 23.5 Å². The monoisotopic (exact) mass is 644 g/mol. The average molecular weight is 644 g/mol. The first-order valence-corrected chi connectivity index (χ1v) is 19.7. The van der Waals surface area contributed by atoms with E-state index in [1.807, 2.05) is 0 Å². The van der Waals surface area contributed by atoms with Gasteiger partial charge in [-0.25, -0.2) is 0 Å². The molecule has 2 atom stereocenters. The maximum Gasteiger partial charge on any atom is 0.308 e. The van der Waals surface area contributed by atoms with Crippen LogP contribution < -0.4 is 0 Å². The van der Waals surface area contributed by atoms with E-state index < -0.39 is 0 Å². The molecule has 262 valence electrons. The molecule has 44 heavy (non-hydrogen) atoms. The number of unbranched alkanes of at least 4 members (excludes halogenated alkanes) is 14. The van der Waals surface area contributed by atoms with Gasteiger partial charge in [0.1, 0.15) is 0 Å². The van der Waals surface area contributed by atoms with E-state index >= 15 is 0 Å². The normalized spacial score (nSPS) is 12.9. The maximum atomic E-state index is 12.6. The molecule has 0 rings (SSSR count). The third kappa shape index (κ3) is 26.4. The van der Waals surface area contributed by atoms with Crippen LogP contribution in [0.15, 0.2) is 0 Å². The van der Waals surface area contributed by atoms with Crippen molar-refractivity contribution in [3.05, 3.63) is 0 Å². The zero-order valence-corrected chi connectivity index (χ0v) is 30.6. The zero-order chi connectivity index (χ0) is 32.5. The first kappa shape index (κ1) is 43.2. The highest BCUT2D eigenvalue weighted by atomic mass is 35.5. The van der Waals surface area contributed by atoms with Crippen LogP contribution in [0.2, 0.25) is 0 Å². The molecule has 6 heteroatoms. The third-order valence-corrected chi connectivity index (χ3v) is 9.09. The van der Waals surface area contributed by atoms with Crippen LogP contribution in [0, 0.1) is 11.8 Å². The topological polar surface area (TPSA) is 55.8 Å². The molecule has 0 fully saturated rings. The Balaban J connectivity index is 4.03. The molecule has 0 saturated carbocycles. The van der Waals surface area contributed by atoms with E-state index in [9.17, 15) is 9.59 Å². The van der Waals surface area contributed by atoms with Crippen LogP contribution >= 0.6 is 11.6 Å². The fourth-order valence-corrected chi connectivity index (χ4v) is 6.15. The number of alkyl halides is 1. The summed E-state index contributed by atoms with van der Waals surface area (Å²) in [5, 5.41) is 0. The lowest BCUT2D eigenvalue weighted by Gasteiger charge is -2.21. The van der Waals surface area contributed by atoms with Crippen molar-refractivity contribution in [2.75, 3.05) is 38.7 Å². The van der Waals surface area contributed by atoms with Crippen molar-refractivity contribution in [2.24, 2.45) is 11.8 Å². The Hall–Kier alpha value is -0.810. The van der Waals surface area contributed by atoms with E-state index in [1.165, 1.54) is 38.5 Å². The summed E-state index contributed by atoms with van der Waals surface area (Å²) in [6.45, 7) is 13.1. The molecular weight excluding hydrogens is 570 g/mol. The molecule has 0 aliphatic carbocycles.